The van der Waals surface area contributed by atoms with Gasteiger partial charge in [-0.2, -0.15) is 0 Å². The van der Waals surface area contributed by atoms with E-state index in [0.29, 0.717) is 17.3 Å². The van der Waals surface area contributed by atoms with Crippen molar-refractivity contribution < 1.29 is 4.79 Å². The van der Waals surface area contributed by atoms with Gasteiger partial charge in [0.05, 0.1) is 17.6 Å². The lowest BCUT2D eigenvalue weighted by molar-refractivity contribution is 0.0992. The predicted molar refractivity (Wildman–Crippen MR) is 125 cm³/mol. The van der Waals surface area contributed by atoms with Crippen LogP contribution in [0.5, 0.6) is 0 Å². The number of likely N-dealkylation sites (N-methyl/N-ethyl adjacent to an activating group) is 1. The molecule has 1 saturated heterocycles. The summed E-state index contributed by atoms with van der Waals surface area (Å²) >= 11 is 1.51. The monoisotopic (exact) mass is 445 g/mol. The molecule has 0 saturated carbocycles. The van der Waals surface area contributed by atoms with Crippen molar-refractivity contribution in [1.82, 2.24) is 30.0 Å². The van der Waals surface area contributed by atoms with Crippen molar-refractivity contribution in [3.05, 3.63) is 59.0 Å². The van der Waals surface area contributed by atoms with Gasteiger partial charge in [0, 0.05) is 42.5 Å². The Morgan fingerprint density at radius 3 is 2.75 bits per heavy atom. The fraction of sp³-hybridized carbons (Fsp3) is 0.304. The molecule has 32 heavy (non-hydrogen) atoms. The fourth-order valence-electron chi connectivity index (χ4n) is 3.67. The first-order chi connectivity index (χ1) is 15.5. The lowest BCUT2D eigenvalue weighted by Gasteiger charge is -2.43. The van der Waals surface area contributed by atoms with Crippen LogP contribution in [0.3, 0.4) is 0 Å². The van der Waals surface area contributed by atoms with Crippen molar-refractivity contribution >= 4 is 33.8 Å². The molecule has 1 fully saturated rings. The zero-order valence-corrected chi connectivity index (χ0v) is 19.0. The zero-order valence-electron chi connectivity index (χ0n) is 18.2. The van der Waals surface area contributed by atoms with Gasteiger partial charge >= 0.3 is 0 Å². The number of fused-ring (bicyclic) bond motifs is 1. The number of aryl methyl sites for hydroxylation is 1. The zero-order chi connectivity index (χ0) is 22.2. The van der Waals surface area contributed by atoms with Crippen molar-refractivity contribution in [1.29, 1.82) is 0 Å². The number of carbonyl (C=O) groups excluding carboxylic acids is 1. The van der Waals surface area contributed by atoms with E-state index in [2.05, 4.69) is 44.1 Å². The molecule has 0 atom stereocenters. The molecule has 0 amide bonds. The van der Waals surface area contributed by atoms with Crippen molar-refractivity contribution in [3.63, 3.8) is 0 Å². The van der Waals surface area contributed by atoms with Crippen molar-refractivity contribution in [3.8, 4) is 10.7 Å². The first kappa shape index (κ1) is 20.6. The number of aromatic nitrogens is 5. The summed E-state index contributed by atoms with van der Waals surface area (Å²) in [6.07, 6.45) is 3.68. The second kappa shape index (κ2) is 8.33. The molecule has 0 radical (unpaired) electrons. The van der Waals surface area contributed by atoms with E-state index < -0.39 is 0 Å². The van der Waals surface area contributed by atoms with Crippen LogP contribution in [0.2, 0.25) is 0 Å². The molecule has 0 bridgehead atoms. The Morgan fingerprint density at radius 1 is 1.16 bits per heavy atom. The molecular formula is C23H23N7OS. The highest BCUT2D eigenvalue weighted by Gasteiger charge is 2.29. The van der Waals surface area contributed by atoms with Gasteiger partial charge in [0.25, 0.3) is 0 Å². The Balaban J connectivity index is 1.34. The summed E-state index contributed by atoms with van der Waals surface area (Å²) in [5.74, 6) is 0.861. The highest BCUT2D eigenvalue weighted by atomic mass is 32.1. The number of rotatable bonds is 6. The number of Topliss-reactive ketones (excluding diaryl/α,β-unsaturated/α-hetero) is 1. The highest BCUT2D eigenvalue weighted by Crippen LogP contribution is 2.25. The first-order valence-electron chi connectivity index (χ1n) is 10.4. The molecule has 9 heteroatoms. The normalized spacial score (nSPS) is 14.2. The van der Waals surface area contributed by atoms with Gasteiger partial charge < -0.3 is 9.80 Å². The first-order valence-corrected chi connectivity index (χ1v) is 11.2. The summed E-state index contributed by atoms with van der Waals surface area (Å²) in [4.78, 5) is 31.0. The standard InChI is InChI=1S/C23H23N7OS/c1-14-27-28-23(32-14)19-5-4-16-11-25-17(9-20(16)26-19)10-21(31)15-6-7-24-22(8-15)30-12-18(13-30)29(2)3/h4-9,11,18H,10,12-13H2,1-3H3. The van der Waals surface area contributed by atoms with Crippen molar-refractivity contribution in [2.75, 3.05) is 32.1 Å². The van der Waals surface area contributed by atoms with Crippen LogP contribution in [-0.4, -0.2) is 69.1 Å². The van der Waals surface area contributed by atoms with Gasteiger partial charge in [0.2, 0.25) is 0 Å². The SMILES string of the molecule is Cc1nnc(-c2ccc3cnc(CC(=O)c4ccnc(N5CC(N(C)C)C5)c4)cc3n2)s1. The maximum Gasteiger partial charge on any atom is 0.169 e. The maximum absolute atomic E-state index is 13.0. The van der Waals surface area contributed by atoms with Gasteiger partial charge in [-0.05, 0) is 51.4 Å². The summed E-state index contributed by atoms with van der Waals surface area (Å²) in [6.45, 7) is 3.76. The van der Waals surface area contributed by atoms with Gasteiger partial charge in [-0.1, -0.05) is 11.3 Å². The van der Waals surface area contributed by atoms with E-state index in [4.69, 9.17) is 4.98 Å². The minimum atomic E-state index is 0.0149. The van der Waals surface area contributed by atoms with Crippen LogP contribution in [0, 0.1) is 6.92 Å². The minimum Gasteiger partial charge on any atom is -0.353 e. The predicted octanol–water partition coefficient (Wildman–Crippen LogP) is 3.03. The average Bonchev–Trinajstić information content (AvgIpc) is 3.18. The minimum absolute atomic E-state index is 0.0149. The summed E-state index contributed by atoms with van der Waals surface area (Å²) < 4.78 is 0. The summed E-state index contributed by atoms with van der Waals surface area (Å²) in [7, 11) is 4.16. The smallest absolute Gasteiger partial charge is 0.169 e. The lowest BCUT2D eigenvalue weighted by atomic mass is 10.0. The number of carbonyl (C=O) groups is 1. The highest BCUT2D eigenvalue weighted by molar-refractivity contribution is 7.14. The van der Waals surface area contributed by atoms with Gasteiger partial charge in [0.15, 0.2) is 10.8 Å². The van der Waals surface area contributed by atoms with Gasteiger partial charge in [0.1, 0.15) is 16.5 Å². The molecule has 4 aromatic heterocycles. The summed E-state index contributed by atoms with van der Waals surface area (Å²) in [5.41, 5.74) is 2.90. The molecule has 0 aliphatic carbocycles. The van der Waals surface area contributed by atoms with E-state index in [0.717, 1.165) is 45.5 Å². The fourth-order valence-corrected chi connectivity index (χ4v) is 4.34. The van der Waals surface area contributed by atoms with Crippen LogP contribution in [0.15, 0.2) is 42.7 Å². The topological polar surface area (TPSA) is 88.0 Å². The molecule has 5 rings (SSSR count). The van der Waals surface area contributed by atoms with Crippen LogP contribution >= 0.6 is 11.3 Å². The molecule has 1 aliphatic heterocycles. The number of pyridine rings is 3. The van der Waals surface area contributed by atoms with Gasteiger partial charge in [-0.3, -0.25) is 9.78 Å². The molecule has 0 N–H and O–H groups in total. The third kappa shape index (κ3) is 4.09. The van der Waals surface area contributed by atoms with E-state index >= 15 is 0 Å². The van der Waals surface area contributed by atoms with Crippen LogP contribution < -0.4 is 4.90 Å². The maximum atomic E-state index is 13.0. The quantitative estimate of drug-likeness (QED) is 0.419. The Morgan fingerprint density at radius 2 is 2.00 bits per heavy atom. The van der Waals surface area contributed by atoms with E-state index in [-0.39, 0.29) is 12.2 Å². The van der Waals surface area contributed by atoms with E-state index in [1.165, 1.54) is 11.3 Å². The summed E-state index contributed by atoms with van der Waals surface area (Å²) in [5, 5.41) is 10.8. The number of anilines is 1. The molecule has 0 spiro atoms. The van der Waals surface area contributed by atoms with Crippen LogP contribution in [0.4, 0.5) is 5.82 Å². The number of hydrogen-bond acceptors (Lipinski definition) is 9. The van der Waals surface area contributed by atoms with E-state index in [1.807, 2.05) is 31.2 Å². The number of nitrogens with zero attached hydrogens (tertiary/aromatic N) is 7. The Hall–Kier alpha value is -3.30. The second-order valence-corrected chi connectivity index (χ2v) is 9.40. The number of hydrogen-bond donors (Lipinski definition) is 0. The molecule has 0 aromatic carbocycles. The number of ketones is 1. The van der Waals surface area contributed by atoms with Crippen LogP contribution in [0.1, 0.15) is 21.1 Å². The Labute approximate surface area is 190 Å². The van der Waals surface area contributed by atoms with Gasteiger partial charge in [-0.15, -0.1) is 10.2 Å². The molecule has 4 aromatic rings. The Kier molecular flexibility index (Phi) is 5.36. The van der Waals surface area contributed by atoms with E-state index in [9.17, 15) is 4.79 Å². The molecule has 5 heterocycles. The van der Waals surface area contributed by atoms with Crippen LogP contribution in [-0.2, 0) is 6.42 Å². The second-order valence-electron chi connectivity index (χ2n) is 8.22. The molecule has 0 unspecified atom stereocenters. The Bertz CT molecular complexity index is 1300. The summed E-state index contributed by atoms with van der Waals surface area (Å²) in [6, 6.07) is 9.94. The van der Waals surface area contributed by atoms with E-state index in [1.54, 1.807) is 18.5 Å². The lowest BCUT2D eigenvalue weighted by Crippen LogP contribution is -2.57. The van der Waals surface area contributed by atoms with Crippen molar-refractivity contribution in [2.45, 2.75) is 19.4 Å². The molecule has 162 valence electrons. The molecular weight excluding hydrogens is 422 g/mol. The third-order valence-corrected chi connectivity index (χ3v) is 6.56. The average molecular weight is 446 g/mol. The third-order valence-electron chi connectivity index (χ3n) is 5.70. The van der Waals surface area contributed by atoms with Crippen LogP contribution in [0.25, 0.3) is 21.6 Å². The van der Waals surface area contributed by atoms with Gasteiger partial charge in [-0.25, -0.2) is 9.97 Å². The largest absolute Gasteiger partial charge is 0.353 e. The molecule has 8 nitrogen and oxygen atoms in total. The molecule has 1 aliphatic rings. The van der Waals surface area contributed by atoms with Crippen molar-refractivity contribution in [2.24, 2.45) is 0 Å².